The maximum absolute atomic E-state index is 6.71. The van der Waals surface area contributed by atoms with E-state index in [1.165, 1.54) is 54.4 Å². The van der Waals surface area contributed by atoms with Gasteiger partial charge in [0.25, 0.3) is 0 Å². The first-order valence-corrected chi connectivity index (χ1v) is 19.9. The SMILES string of the molecule is c1ccc(-c2ccc(-n3c4ccccc4c4cc(-n5c6ccccc6c6cc(-n7c8ccccc8c8ccccc87)ccc65)ccc43)c3c2oc2ccccc23)cc1. The van der Waals surface area contributed by atoms with E-state index in [4.69, 9.17) is 4.42 Å². The summed E-state index contributed by atoms with van der Waals surface area (Å²) >= 11 is 0. The summed E-state index contributed by atoms with van der Waals surface area (Å²) in [5.41, 5.74) is 14.5. The van der Waals surface area contributed by atoms with Crippen molar-refractivity contribution in [3.8, 4) is 28.2 Å². The molecule has 0 saturated heterocycles. The van der Waals surface area contributed by atoms with Crippen molar-refractivity contribution in [3.63, 3.8) is 0 Å². The summed E-state index contributed by atoms with van der Waals surface area (Å²) in [6.07, 6.45) is 0. The van der Waals surface area contributed by atoms with Crippen LogP contribution in [-0.2, 0) is 0 Å². The van der Waals surface area contributed by atoms with Gasteiger partial charge >= 0.3 is 0 Å². The molecule has 13 rings (SSSR count). The van der Waals surface area contributed by atoms with Gasteiger partial charge in [0.1, 0.15) is 11.2 Å². The third-order valence-electron chi connectivity index (χ3n) is 12.2. The van der Waals surface area contributed by atoms with E-state index >= 15 is 0 Å². The first-order chi connectivity index (χ1) is 28.8. The third-order valence-corrected chi connectivity index (χ3v) is 12.2. The second-order valence-electron chi connectivity index (χ2n) is 15.3. The third kappa shape index (κ3) is 4.29. The summed E-state index contributed by atoms with van der Waals surface area (Å²) in [6.45, 7) is 0. The van der Waals surface area contributed by atoms with E-state index in [0.29, 0.717) is 0 Å². The fraction of sp³-hybridized carbons (Fsp3) is 0. The highest BCUT2D eigenvalue weighted by molar-refractivity contribution is 6.18. The van der Waals surface area contributed by atoms with E-state index in [1.807, 2.05) is 0 Å². The molecule has 0 radical (unpaired) electrons. The molecule has 0 unspecified atom stereocenters. The lowest BCUT2D eigenvalue weighted by Crippen LogP contribution is -1.97. The number of hydrogen-bond donors (Lipinski definition) is 0. The molecule has 13 aromatic rings. The zero-order valence-corrected chi connectivity index (χ0v) is 31.3. The highest BCUT2D eigenvalue weighted by atomic mass is 16.3. The Morgan fingerprint density at radius 3 is 1.31 bits per heavy atom. The molecule has 0 aliphatic heterocycles. The fourth-order valence-corrected chi connectivity index (χ4v) is 9.78. The van der Waals surface area contributed by atoms with E-state index in [2.05, 4.69) is 214 Å². The van der Waals surface area contributed by atoms with Crippen molar-refractivity contribution in [2.75, 3.05) is 0 Å². The van der Waals surface area contributed by atoms with Crippen LogP contribution in [-0.4, -0.2) is 13.7 Å². The number of hydrogen-bond acceptors (Lipinski definition) is 1. The molecule has 9 aromatic carbocycles. The van der Waals surface area contributed by atoms with Gasteiger partial charge in [-0.25, -0.2) is 0 Å². The van der Waals surface area contributed by atoms with E-state index in [9.17, 15) is 0 Å². The van der Waals surface area contributed by atoms with E-state index in [-0.39, 0.29) is 0 Å². The first kappa shape index (κ1) is 31.4. The second-order valence-corrected chi connectivity index (χ2v) is 15.3. The van der Waals surface area contributed by atoms with E-state index in [1.54, 1.807) is 0 Å². The number of furan rings is 1. The monoisotopic (exact) mass is 739 g/mol. The lowest BCUT2D eigenvalue weighted by atomic mass is 10.0. The Hall–Kier alpha value is -7.82. The standard InChI is InChI=1S/C54H33N3O/c1-2-14-34(15-3-1)37-28-31-51(53-42-20-8-13-25-52(42)58-54(37)53)57-48-24-12-7-19-41(48)44-33-36(27-30-50(44)57)56-47-23-11-6-18-40(47)43-32-35(26-29-49(43)56)55-45-21-9-4-16-38(45)39-17-5-10-22-46(39)55/h1-33H. The lowest BCUT2D eigenvalue weighted by molar-refractivity contribution is 0.670. The van der Waals surface area contributed by atoms with Crippen LogP contribution in [0.2, 0.25) is 0 Å². The Morgan fingerprint density at radius 2 is 0.741 bits per heavy atom. The Morgan fingerprint density at radius 1 is 0.310 bits per heavy atom. The molecule has 0 spiro atoms. The Labute approximate surface area is 332 Å². The molecule has 4 nitrogen and oxygen atoms in total. The Balaban J connectivity index is 1.05. The number of aromatic nitrogens is 3. The molecule has 0 saturated carbocycles. The molecule has 0 aliphatic rings. The molecule has 0 aliphatic carbocycles. The van der Waals surface area contributed by atoms with Crippen molar-refractivity contribution >= 4 is 87.4 Å². The van der Waals surface area contributed by atoms with Gasteiger partial charge in [-0.05, 0) is 84.4 Å². The molecule has 0 atom stereocenters. The van der Waals surface area contributed by atoms with Crippen molar-refractivity contribution in [1.29, 1.82) is 0 Å². The van der Waals surface area contributed by atoms with Gasteiger partial charge in [0, 0.05) is 54.6 Å². The van der Waals surface area contributed by atoms with Gasteiger partial charge in [-0.15, -0.1) is 0 Å². The van der Waals surface area contributed by atoms with Crippen molar-refractivity contribution < 1.29 is 4.42 Å². The van der Waals surface area contributed by atoms with Gasteiger partial charge < -0.3 is 18.1 Å². The van der Waals surface area contributed by atoms with Crippen molar-refractivity contribution in [2.45, 2.75) is 0 Å². The Bertz CT molecular complexity index is 3750. The van der Waals surface area contributed by atoms with Gasteiger partial charge in [0.2, 0.25) is 0 Å². The average Bonchev–Trinajstić information content (AvgIpc) is 4.03. The van der Waals surface area contributed by atoms with E-state index in [0.717, 1.165) is 61.2 Å². The summed E-state index contributed by atoms with van der Waals surface area (Å²) in [5.74, 6) is 0. The zero-order valence-electron chi connectivity index (χ0n) is 31.3. The largest absolute Gasteiger partial charge is 0.455 e. The van der Waals surface area contributed by atoms with Gasteiger partial charge in [-0.1, -0.05) is 121 Å². The van der Waals surface area contributed by atoms with E-state index < -0.39 is 0 Å². The minimum absolute atomic E-state index is 0.887. The minimum atomic E-state index is 0.887. The molecule has 4 aromatic heterocycles. The Kier molecular flexibility index (Phi) is 6.41. The van der Waals surface area contributed by atoms with Crippen LogP contribution in [0.3, 0.4) is 0 Å². The molecule has 0 bridgehead atoms. The number of rotatable bonds is 4. The summed E-state index contributed by atoms with van der Waals surface area (Å²) in [5, 5.41) is 9.63. The molecule has 58 heavy (non-hydrogen) atoms. The topological polar surface area (TPSA) is 27.9 Å². The summed E-state index contributed by atoms with van der Waals surface area (Å²) < 4.78 is 14.0. The van der Waals surface area contributed by atoms with Crippen LogP contribution in [0.15, 0.2) is 205 Å². The fourth-order valence-electron chi connectivity index (χ4n) is 9.78. The molecule has 4 heterocycles. The maximum atomic E-state index is 6.71. The van der Waals surface area contributed by atoms with Crippen LogP contribution in [0.4, 0.5) is 0 Å². The number of para-hydroxylation sites is 5. The predicted molar refractivity (Wildman–Crippen MR) is 242 cm³/mol. The smallest absolute Gasteiger partial charge is 0.145 e. The van der Waals surface area contributed by atoms with Gasteiger partial charge in [0.05, 0.1) is 44.2 Å². The van der Waals surface area contributed by atoms with Gasteiger partial charge in [0.15, 0.2) is 0 Å². The summed E-state index contributed by atoms with van der Waals surface area (Å²) in [4.78, 5) is 0. The van der Waals surface area contributed by atoms with Crippen molar-refractivity contribution in [3.05, 3.63) is 200 Å². The predicted octanol–water partition coefficient (Wildman–Crippen LogP) is 14.5. The molecule has 0 amide bonds. The van der Waals surface area contributed by atoms with Crippen LogP contribution in [0.25, 0.3) is 116 Å². The molecule has 270 valence electrons. The van der Waals surface area contributed by atoms with Crippen LogP contribution in [0.5, 0.6) is 0 Å². The number of nitrogens with zero attached hydrogens (tertiary/aromatic N) is 3. The lowest BCUT2D eigenvalue weighted by Gasteiger charge is -2.13. The van der Waals surface area contributed by atoms with Crippen LogP contribution in [0, 0.1) is 0 Å². The number of fused-ring (bicyclic) bond motifs is 12. The van der Waals surface area contributed by atoms with Crippen LogP contribution >= 0.6 is 0 Å². The molecule has 0 fully saturated rings. The highest BCUT2D eigenvalue weighted by Gasteiger charge is 2.22. The van der Waals surface area contributed by atoms with Crippen molar-refractivity contribution in [1.82, 2.24) is 13.7 Å². The minimum Gasteiger partial charge on any atom is -0.455 e. The summed E-state index contributed by atoms with van der Waals surface area (Å²) in [6, 6.07) is 72.4. The number of benzene rings is 9. The zero-order chi connectivity index (χ0) is 37.9. The average molecular weight is 740 g/mol. The molecule has 4 heteroatoms. The molecular weight excluding hydrogens is 707 g/mol. The molecule has 0 N–H and O–H groups in total. The van der Waals surface area contributed by atoms with Crippen LogP contribution < -0.4 is 0 Å². The highest BCUT2D eigenvalue weighted by Crippen LogP contribution is 2.43. The first-order valence-electron chi connectivity index (χ1n) is 19.9. The normalized spacial score (nSPS) is 12.1. The maximum Gasteiger partial charge on any atom is 0.145 e. The quantitative estimate of drug-likeness (QED) is 0.177. The van der Waals surface area contributed by atoms with Crippen molar-refractivity contribution in [2.24, 2.45) is 0 Å². The van der Waals surface area contributed by atoms with Gasteiger partial charge in [-0.2, -0.15) is 0 Å². The molecular formula is C54H33N3O. The summed E-state index contributed by atoms with van der Waals surface area (Å²) in [7, 11) is 0. The second kappa shape index (κ2) is 11.8. The van der Waals surface area contributed by atoms with Crippen LogP contribution in [0.1, 0.15) is 0 Å². The van der Waals surface area contributed by atoms with Gasteiger partial charge in [-0.3, -0.25) is 0 Å².